The van der Waals surface area contributed by atoms with Gasteiger partial charge >= 0.3 is 5.35 Å². The van der Waals surface area contributed by atoms with E-state index >= 15 is 0 Å². The SMILES string of the molecule is Cc1cc(Br)ccc1-c1noc(Cl)n1. The molecule has 1 heterocycles. The first-order valence-electron chi connectivity index (χ1n) is 3.92. The highest BCUT2D eigenvalue weighted by atomic mass is 79.9. The Kier molecular flexibility index (Phi) is 2.56. The number of aryl methyl sites for hydroxylation is 1. The Morgan fingerprint density at radius 2 is 2.21 bits per heavy atom. The van der Waals surface area contributed by atoms with Crippen molar-refractivity contribution >= 4 is 27.5 Å². The summed E-state index contributed by atoms with van der Waals surface area (Å²) >= 11 is 8.93. The number of nitrogens with zero attached hydrogens (tertiary/aromatic N) is 2. The number of rotatable bonds is 1. The first-order chi connectivity index (χ1) is 6.66. The van der Waals surface area contributed by atoms with E-state index in [1.165, 1.54) is 0 Å². The van der Waals surface area contributed by atoms with Crippen LogP contribution in [0, 0.1) is 6.92 Å². The van der Waals surface area contributed by atoms with Crippen LogP contribution in [-0.4, -0.2) is 10.1 Å². The second-order valence-electron chi connectivity index (χ2n) is 2.83. The lowest BCUT2D eigenvalue weighted by Gasteiger charge is -2.00. The maximum absolute atomic E-state index is 5.54. The summed E-state index contributed by atoms with van der Waals surface area (Å²) in [7, 11) is 0. The van der Waals surface area contributed by atoms with Crippen LogP contribution in [0.3, 0.4) is 0 Å². The van der Waals surface area contributed by atoms with Gasteiger partial charge in [0.25, 0.3) is 0 Å². The summed E-state index contributed by atoms with van der Waals surface area (Å²) in [5.41, 5.74) is 1.99. The van der Waals surface area contributed by atoms with Gasteiger partial charge in [0.15, 0.2) is 0 Å². The highest BCUT2D eigenvalue weighted by molar-refractivity contribution is 9.10. The van der Waals surface area contributed by atoms with Crippen molar-refractivity contribution in [2.45, 2.75) is 6.92 Å². The molecule has 3 nitrogen and oxygen atoms in total. The van der Waals surface area contributed by atoms with Crippen molar-refractivity contribution < 1.29 is 4.52 Å². The molecule has 72 valence electrons. The van der Waals surface area contributed by atoms with Gasteiger partial charge < -0.3 is 4.52 Å². The Labute approximate surface area is 94.2 Å². The maximum Gasteiger partial charge on any atom is 0.320 e. The van der Waals surface area contributed by atoms with E-state index in [0.29, 0.717) is 5.82 Å². The molecular weight excluding hydrogens is 267 g/mol. The summed E-state index contributed by atoms with van der Waals surface area (Å²) in [5.74, 6) is 0.514. The van der Waals surface area contributed by atoms with E-state index in [1.54, 1.807) is 0 Å². The van der Waals surface area contributed by atoms with E-state index < -0.39 is 0 Å². The third kappa shape index (κ3) is 1.81. The molecular formula is C9H6BrClN2O. The zero-order valence-corrected chi connectivity index (χ0v) is 9.63. The van der Waals surface area contributed by atoms with Gasteiger partial charge in [0.05, 0.1) is 0 Å². The van der Waals surface area contributed by atoms with E-state index in [9.17, 15) is 0 Å². The highest BCUT2D eigenvalue weighted by Crippen LogP contribution is 2.24. The summed E-state index contributed by atoms with van der Waals surface area (Å²) in [6, 6.07) is 5.83. The van der Waals surface area contributed by atoms with Crippen molar-refractivity contribution in [3.8, 4) is 11.4 Å². The van der Waals surface area contributed by atoms with Crippen LogP contribution in [0.25, 0.3) is 11.4 Å². The Balaban J connectivity index is 2.52. The van der Waals surface area contributed by atoms with Gasteiger partial charge in [-0.15, -0.1) is 0 Å². The molecule has 0 aliphatic heterocycles. The second-order valence-corrected chi connectivity index (χ2v) is 4.07. The molecule has 0 radical (unpaired) electrons. The molecule has 0 N–H and O–H groups in total. The molecule has 0 aliphatic rings. The van der Waals surface area contributed by atoms with E-state index in [0.717, 1.165) is 15.6 Å². The van der Waals surface area contributed by atoms with Crippen LogP contribution in [-0.2, 0) is 0 Å². The van der Waals surface area contributed by atoms with Gasteiger partial charge in [0.2, 0.25) is 5.82 Å². The van der Waals surface area contributed by atoms with Crippen LogP contribution >= 0.6 is 27.5 Å². The molecule has 1 aromatic carbocycles. The molecule has 0 bridgehead atoms. The number of hydrogen-bond acceptors (Lipinski definition) is 3. The van der Waals surface area contributed by atoms with Gasteiger partial charge in [0, 0.05) is 10.0 Å². The van der Waals surface area contributed by atoms with Crippen LogP contribution in [0.4, 0.5) is 0 Å². The van der Waals surface area contributed by atoms with E-state index in [2.05, 4.69) is 26.1 Å². The largest absolute Gasteiger partial charge is 0.321 e. The lowest BCUT2D eigenvalue weighted by atomic mass is 10.1. The zero-order chi connectivity index (χ0) is 10.1. The molecule has 0 unspecified atom stereocenters. The monoisotopic (exact) mass is 272 g/mol. The maximum atomic E-state index is 5.54. The average Bonchev–Trinajstić information content (AvgIpc) is 2.51. The van der Waals surface area contributed by atoms with Crippen LogP contribution in [0.2, 0.25) is 5.35 Å². The summed E-state index contributed by atoms with van der Waals surface area (Å²) in [4.78, 5) is 3.94. The van der Waals surface area contributed by atoms with E-state index in [1.807, 2.05) is 25.1 Å². The predicted molar refractivity (Wildman–Crippen MR) is 57.2 cm³/mol. The summed E-state index contributed by atoms with van der Waals surface area (Å²) in [6.45, 7) is 1.98. The number of benzene rings is 1. The molecule has 0 amide bonds. The Hall–Kier alpha value is -0.870. The minimum atomic E-state index is 0.0577. The van der Waals surface area contributed by atoms with Crippen LogP contribution < -0.4 is 0 Å². The topological polar surface area (TPSA) is 38.9 Å². The fourth-order valence-corrected chi connectivity index (χ4v) is 1.78. The van der Waals surface area contributed by atoms with Crippen molar-refractivity contribution in [1.29, 1.82) is 0 Å². The molecule has 0 spiro atoms. The molecule has 2 rings (SSSR count). The van der Waals surface area contributed by atoms with Crippen molar-refractivity contribution in [1.82, 2.24) is 10.1 Å². The third-order valence-electron chi connectivity index (χ3n) is 1.83. The number of halogens is 2. The van der Waals surface area contributed by atoms with Gasteiger partial charge in [-0.2, -0.15) is 4.98 Å². The normalized spacial score (nSPS) is 10.5. The minimum Gasteiger partial charge on any atom is -0.321 e. The standard InChI is InChI=1S/C9H6BrClN2O/c1-5-4-6(10)2-3-7(5)8-12-9(11)14-13-8/h2-4H,1H3. The second kappa shape index (κ2) is 3.71. The quantitative estimate of drug-likeness (QED) is 0.798. The van der Waals surface area contributed by atoms with Gasteiger partial charge in [0.1, 0.15) is 0 Å². The minimum absolute atomic E-state index is 0.0577. The Bertz CT molecular complexity index is 470. The lowest BCUT2D eigenvalue weighted by molar-refractivity contribution is 0.421. The molecule has 0 aliphatic carbocycles. The Morgan fingerprint density at radius 3 is 2.79 bits per heavy atom. The zero-order valence-electron chi connectivity index (χ0n) is 7.29. The number of hydrogen-bond donors (Lipinski definition) is 0. The van der Waals surface area contributed by atoms with Crippen molar-refractivity contribution in [2.24, 2.45) is 0 Å². The summed E-state index contributed by atoms with van der Waals surface area (Å²) in [6.07, 6.45) is 0. The van der Waals surface area contributed by atoms with Crippen molar-refractivity contribution in [2.75, 3.05) is 0 Å². The molecule has 0 saturated heterocycles. The van der Waals surface area contributed by atoms with E-state index in [4.69, 9.17) is 16.1 Å². The fraction of sp³-hybridized carbons (Fsp3) is 0.111. The summed E-state index contributed by atoms with van der Waals surface area (Å²) in [5, 5.41) is 3.80. The van der Waals surface area contributed by atoms with Crippen LogP contribution in [0.15, 0.2) is 27.2 Å². The van der Waals surface area contributed by atoms with E-state index in [-0.39, 0.29) is 5.35 Å². The molecule has 5 heteroatoms. The molecule has 0 atom stereocenters. The van der Waals surface area contributed by atoms with Gasteiger partial charge in [-0.1, -0.05) is 21.1 Å². The number of aromatic nitrogens is 2. The molecule has 1 aromatic heterocycles. The first-order valence-corrected chi connectivity index (χ1v) is 5.09. The molecule has 14 heavy (non-hydrogen) atoms. The Morgan fingerprint density at radius 1 is 1.43 bits per heavy atom. The third-order valence-corrected chi connectivity index (χ3v) is 2.48. The van der Waals surface area contributed by atoms with Gasteiger partial charge in [-0.05, 0) is 42.3 Å². The van der Waals surface area contributed by atoms with Crippen molar-refractivity contribution in [3.63, 3.8) is 0 Å². The van der Waals surface area contributed by atoms with Crippen LogP contribution in [0.1, 0.15) is 5.56 Å². The molecule has 2 aromatic rings. The smallest absolute Gasteiger partial charge is 0.320 e. The predicted octanol–water partition coefficient (Wildman–Crippen LogP) is 3.46. The summed E-state index contributed by atoms with van der Waals surface area (Å²) < 4.78 is 5.72. The van der Waals surface area contributed by atoms with Crippen LogP contribution in [0.5, 0.6) is 0 Å². The fourth-order valence-electron chi connectivity index (χ4n) is 1.19. The van der Waals surface area contributed by atoms with Crippen molar-refractivity contribution in [3.05, 3.63) is 33.6 Å². The molecule has 0 fully saturated rings. The first kappa shape index (κ1) is 9.68. The molecule has 0 saturated carbocycles. The average molecular weight is 274 g/mol. The highest BCUT2D eigenvalue weighted by Gasteiger charge is 2.09. The lowest BCUT2D eigenvalue weighted by Crippen LogP contribution is -1.84. The van der Waals surface area contributed by atoms with Gasteiger partial charge in [-0.3, -0.25) is 0 Å². The van der Waals surface area contributed by atoms with Gasteiger partial charge in [-0.25, -0.2) is 0 Å².